The first kappa shape index (κ1) is 13.1. The maximum atomic E-state index is 11.5. The van der Waals surface area contributed by atoms with Crippen LogP contribution in [0.25, 0.3) is 0 Å². The standard InChI is InChI=1S/C11H16BrNO3/c1-7(8-5-6-9(12)15-8)13-10(14)16-11(2,3)4/h5-7H,1-4H3,(H,13,14)/t7-/m0/s1. The molecule has 0 saturated heterocycles. The Hall–Kier alpha value is -0.970. The van der Waals surface area contributed by atoms with E-state index in [1.165, 1.54) is 0 Å². The highest BCUT2D eigenvalue weighted by molar-refractivity contribution is 9.10. The van der Waals surface area contributed by atoms with Crippen LogP contribution in [0.2, 0.25) is 0 Å². The maximum Gasteiger partial charge on any atom is 0.408 e. The van der Waals surface area contributed by atoms with Crippen molar-refractivity contribution in [2.24, 2.45) is 0 Å². The Balaban J connectivity index is 2.52. The lowest BCUT2D eigenvalue weighted by Crippen LogP contribution is -2.33. The van der Waals surface area contributed by atoms with Gasteiger partial charge in [-0.05, 0) is 55.8 Å². The molecule has 0 unspecified atom stereocenters. The second-order valence-corrected chi connectivity index (χ2v) is 5.29. The Labute approximate surface area is 103 Å². The molecule has 0 spiro atoms. The van der Waals surface area contributed by atoms with Crippen LogP contribution in [0.15, 0.2) is 21.2 Å². The largest absolute Gasteiger partial charge is 0.452 e. The van der Waals surface area contributed by atoms with E-state index in [1.54, 1.807) is 12.1 Å². The molecular weight excluding hydrogens is 274 g/mol. The average Bonchev–Trinajstić information content (AvgIpc) is 2.47. The Bertz CT molecular complexity index is 368. The van der Waals surface area contributed by atoms with E-state index >= 15 is 0 Å². The highest BCUT2D eigenvalue weighted by Gasteiger charge is 2.19. The van der Waals surface area contributed by atoms with Gasteiger partial charge in [-0.25, -0.2) is 4.79 Å². The van der Waals surface area contributed by atoms with Gasteiger partial charge < -0.3 is 14.5 Å². The summed E-state index contributed by atoms with van der Waals surface area (Å²) in [5, 5.41) is 2.69. The Kier molecular flexibility index (Phi) is 4.02. The monoisotopic (exact) mass is 289 g/mol. The number of nitrogens with one attached hydrogen (secondary N) is 1. The van der Waals surface area contributed by atoms with Gasteiger partial charge in [-0.3, -0.25) is 0 Å². The fourth-order valence-electron chi connectivity index (χ4n) is 1.12. The zero-order valence-electron chi connectivity index (χ0n) is 9.83. The number of hydrogen-bond acceptors (Lipinski definition) is 3. The fourth-order valence-corrected chi connectivity index (χ4v) is 1.44. The minimum absolute atomic E-state index is 0.221. The first-order valence-electron chi connectivity index (χ1n) is 5.02. The number of carbonyl (C=O) groups excluding carboxylic acids is 1. The molecule has 1 aromatic rings. The van der Waals surface area contributed by atoms with E-state index in [1.807, 2.05) is 27.7 Å². The summed E-state index contributed by atoms with van der Waals surface area (Å²) < 4.78 is 11.1. The normalized spacial score (nSPS) is 13.3. The summed E-state index contributed by atoms with van der Waals surface area (Å²) in [6, 6.07) is 3.36. The van der Waals surface area contributed by atoms with Gasteiger partial charge in [0.2, 0.25) is 0 Å². The van der Waals surface area contributed by atoms with Gasteiger partial charge in [-0.15, -0.1) is 0 Å². The van der Waals surface area contributed by atoms with E-state index in [9.17, 15) is 4.79 Å². The first-order chi connectivity index (χ1) is 7.28. The lowest BCUT2D eigenvalue weighted by molar-refractivity contribution is 0.0502. The third kappa shape index (κ3) is 4.26. The third-order valence-electron chi connectivity index (χ3n) is 1.75. The van der Waals surface area contributed by atoms with E-state index in [2.05, 4.69) is 21.2 Å². The molecule has 4 nitrogen and oxygen atoms in total. The molecule has 5 heteroatoms. The Morgan fingerprint density at radius 1 is 1.50 bits per heavy atom. The van der Waals surface area contributed by atoms with Crippen molar-refractivity contribution >= 4 is 22.0 Å². The fraction of sp³-hybridized carbons (Fsp3) is 0.545. The van der Waals surface area contributed by atoms with Crippen LogP contribution >= 0.6 is 15.9 Å². The second kappa shape index (κ2) is 4.91. The van der Waals surface area contributed by atoms with Gasteiger partial charge in [0.15, 0.2) is 4.67 Å². The SMILES string of the molecule is C[C@H](NC(=O)OC(C)(C)C)c1ccc(Br)o1. The number of alkyl carbamates (subject to hydrolysis) is 1. The predicted molar refractivity (Wildman–Crippen MR) is 64.2 cm³/mol. The summed E-state index contributed by atoms with van der Waals surface area (Å²) in [5.74, 6) is 0.678. The first-order valence-corrected chi connectivity index (χ1v) is 5.82. The molecule has 16 heavy (non-hydrogen) atoms. The summed E-state index contributed by atoms with van der Waals surface area (Å²) in [7, 11) is 0. The Morgan fingerprint density at radius 2 is 2.12 bits per heavy atom. The van der Waals surface area contributed by atoms with Crippen LogP contribution in [0.3, 0.4) is 0 Å². The third-order valence-corrected chi connectivity index (χ3v) is 2.18. The molecule has 0 radical (unpaired) electrons. The summed E-state index contributed by atoms with van der Waals surface area (Å²) in [5.41, 5.74) is -0.493. The number of amides is 1. The van der Waals surface area contributed by atoms with Crippen molar-refractivity contribution in [3.05, 3.63) is 22.6 Å². The lowest BCUT2D eigenvalue weighted by Gasteiger charge is -2.21. The second-order valence-electron chi connectivity index (χ2n) is 4.51. The minimum Gasteiger partial charge on any atom is -0.452 e. The molecule has 0 bridgehead atoms. The summed E-state index contributed by atoms with van der Waals surface area (Å²) in [6.07, 6.45) is -0.451. The van der Waals surface area contributed by atoms with Gasteiger partial charge in [0, 0.05) is 0 Å². The van der Waals surface area contributed by atoms with Crippen LogP contribution in [-0.4, -0.2) is 11.7 Å². The van der Waals surface area contributed by atoms with Gasteiger partial charge in [-0.2, -0.15) is 0 Å². The Morgan fingerprint density at radius 3 is 2.56 bits per heavy atom. The zero-order chi connectivity index (χ0) is 12.3. The number of rotatable bonds is 2. The van der Waals surface area contributed by atoms with Crippen molar-refractivity contribution in [3.63, 3.8) is 0 Å². The van der Waals surface area contributed by atoms with Crippen molar-refractivity contribution in [2.75, 3.05) is 0 Å². The minimum atomic E-state index is -0.493. The number of carbonyl (C=O) groups is 1. The van der Waals surface area contributed by atoms with E-state index in [4.69, 9.17) is 9.15 Å². The van der Waals surface area contributed by atoms with E-state index in [0.717, 1.165) is 0 Å². The van der Waals surface area contributed by atoms with Gasteiger partial charge in [0.25, 0.3) is 0 Å². The topological polar surface area (TPSA) is 51.5 Å². The van der Waals surface area contributed by atoms with Crippen molar-refractivity contribution in [2.45, 2.75) is 39.3 Å². The van der Waals surface area contributed by atoms with Crippen LogP contribution in [0.5, 0.6) is 0 Å². The van der Waals surface area contributed by atoms with Gasteiger partial charge in [-0.1, -0.05) is 0 Å². The number of halogens is 1. The highest BCUT2D eigenvalue weighted by atomic mass is 79.9. The van der Waals surface area contributed by atoms with Gasteiger partial charge >= 0.3 is 6.09 Å². The van der Waals surface area contributed by atoms with E-state index < -0.39 is 11.7 Å². The average molecular weight is 290 g/mol. The molecule has 0 saturated carbocycles. The quantitative estimate of drug-likeness (QED) is 0.905. The maximum absolute atomic E-state index is 11.5. The number of ether oxygens (including phenoxy) is 1. The summed E-state index contributed by atoms with van der Waals surface area (Å²) in [4.78, 5) is 11.5. The molecule has 90 valence electrons. The van der Waals surface area contributed by atoms with Crippen molar-refractivity contribution in [3.8, 4) is 0 Å². The molecule has 0 fully saturated rings. The van der Waals surface area contributed by atoms with Crippen LogP contribution in [0.4, 0.5) is 4.79 Å². The van der Waals surface area contributed by atoms with Crippen LogP contribution in [0, 0.1) is 0 Å². The van der Waals surface area contributed by atoms with Gasteiger partial charge in [0.05, 0.1) is 6.04 Å². The zero-order valence-corrected chi connectivity index (χ0v) is 11.4. The molecule has 1 atom stereocenters. The van der Waals surface area contributed by atoms with Crippen molar-refractivity contribution in [1.29, 1.82) is 0 Å². The molecule has 0 aliphatic heterocycles. The molecule has 1 rings (SSSR count). The molecule has 0 aliphatic carbocycles. The summed E-state index contributed by atoms with van der Waals surface area (Å²) in [6.45, 7) is 7.29. The molecule has 1 heterocycles. The lowest BCUT2D eigenvalue weighted by atomic mass is 10.2. The highest BCUT2D eigenvalue weighted by Crippen LogP contribution is 2.20. The molecule has 0 aliphatic rings. The van der Waals surface area contributed by atoms with E-state index in [-0.39, 0.29) is 6.04 Å². The summed E-state index contributed by atoms with van der Waals surface area (Å²) >= 11 is 3.20. The van der Waals surface area contributed by atoms with Gasteiger partial charge in [0.1, 0.15) is 11.4 Å². The van der Waals surface area contributed by atoms with E-state index in [0.29, 0.717) is 10.4 Å². The van der Waals surface area contributed by atoms with Crippen LogP contribution < -0.4 is 5.32 Å². The molecule has 0 aromatic carbocycles. The number of furan rings is 1. The van der Waals surface area contributed by atoms with Crippen molar-refractivity contribution in [1.82, 2.24) is 5.32 Å². The van der Waals surface area contributed by atoms with Crippen molar-refractivity contribution < 1.29 is 13.9 Å². The predicted octanol–water partition coefficient (Wildman–Crippen LogP) is 3.63. The van der Waals surface area contributed by atoms with Crippen LogP contribution in [-0.2, 0) is 4.74 Å². The molecule has 1 amide bonds. The molecular formula is C11H16BrNO3. The smallest absolute Gasteiger partial charge is 0.408 e. The molecule has 1 N–H and O–H groups in total. The van der Waals surface area contributed by atoms with Crippen LogP contribution in [0.1, 0.15) is 39.5 Å². The molecule has 1 aromatic heterocycles. The number of hydrogen-bond donors (Lipinski definition) is 1.